The number of aliphatic hydroxyl groups is 4. The lowest BCUT2D eigenvalue weighted by Crippen LogP contribution is -2.61. The first-order valence-electron chi connectivity index (χ1n) is 6.13. The van der Waals surface area contributed by atoms with Gasteiger partial charge < -0.3 is 30.5 Å². The highest BCUT2D eigenvalue weighted by Crippen LogP contribution is 2.15. The lowest BCUT2D eigenvalue weighted by molar-refractivity contribution is -0.129. The zero-order valence-electron chi connectivity index (χ0n) is 10.4. The number of ether oxygens (including phenoxy) is 1. The summed E-state index contributed by atoms with van der Waals surface area (Å²) in [6.45, 7) is 0.750. The average molecular weight is 286 g/mol. The van der Waals surface area contributed by atoms with Crippen LogP contribution < -0.4 is 5.32 Å². The fourth-order valence-electron chi connectivity index (χ4n) is 1.96. The molecule has 18 heavy (non-hydrogen) atoms. The molecule has 0 aromatic heterocycles. The van der Waals surface area contributed by atoms with E-state index in [0.717, 1.165) is 19.3 Å². The summed E-state index contributed by atoms with van der Waals surface area (Å²) in [5.74, 6) is 0. The summed E-state index contributed by atoms with van der Waals surface area (Å²) < 4.78 is 5.50. The summed E-state index contributed by atoms with van der Waals surface area (Å²) in [6, 6.07) is -0.341. The van der Waals surface area contributed by atoms with E-state index in [0.29, 0.717) is 6.61 Å². The zero-order chi connectivity index (χ0) is 12.7. The van der Waals surface area contributed by atoms with Gasteiger partial charge in [0, 0.05) is 19.8 Å². The summed E-state index contributed by atoms with van der Waals surface area (Å²) in [4.78, 5) is 0. The summed E-state index contributed by atoms with van der Waals surface area (Å²) in [5, 5.41) is 39.9. The van der Waals surface area contributed by atoms with Gasteiger partial charge in [-0.05, 0) is 19.3 Å². The minimum Gasteiger partial charge on any atom is -0.396 e. The number of hydrogen-bond donors (Lipinski definition) is 5. The largest absolute Gasteiger partial charge is 0.396 e. The quantitative estimate of drug-likeness (QED) is 0.371. The highest BCUT2D eigenvalue weighted by atomic mass is 35.5. The zero-order valence-corrected chi connectivity index (χ0v) is 11.2. The number of aliphatic hydroxyl groups excluding tert-OH is 4. The Hall–Kier alpha value is 0.0500. The predicted molar refractivity (Wildman–Crippen MR) is 68.8 cm³/mol. The van der Waals surface area contributed by atoms with Crippen LogP contribution in [0.5, 0.6) is 0 Å². The minimum atomic E-state index is -0.966. The molecule has 5 N–H and O–H groups in total. The van der Waals surface area contributed by atoms with Crippen LogP contribution in [0.2, 0.25) is 0 Å². The van der Waals surface area contributed by atoms with Crippen LogP contribution >= 0.6 is 12.4 Å². The Kier molecular flexibility index (Phi) is 9.94. The highest BCUT2D eigenvalue weighted by Gasteiger charge is 2.37. The summed E-state index contributed by atoms with van der Waals surface area (Å²) in [5.41, 5.74) is 0. The first-order chi connectivity index (χ1) is 8.20. The van der Waals surface area contributed by atoms with E-state index in [9.17, 15) is 10.2 Å². The van der Waals surface area contributed by atoms with E-state index in [2.05, 4.69) is 5.32 Å². The van der Waals surface area contributed by atoms with Crippen molar-refractivity contribution < 1.29 is 25.2 Å². The molecule has 1 aliphatic rings. The molecule has 0 spiro atoms. The van der Waals surface area contributed by atoms with Gasteiger partial charge >= 0.3 is 0 Å². The van der Waals surface area contributed by atoms with E-state index in [1.807, 2.05) is 0 Å². The van der Waals surface area contributed by atoms with Crippen molar-refractivity contribution in [3.63, 3.8) is 0 Å². The van der Waals surface area contributed by atoms with Gasteiger partial charge in [0.25, 0.3) is 0 Å². The summed E-state index contributed by atoms with van der Waals surface area (Å²) in [6.07, 6.45) is -0.0257. The van der Waals surface area contributed by atoms with Crippen LogP contribution in [0.1, 0.15) is 19.3 Å². The van der Waals surface area contributed by atoms with E-state index in [1.165, 1.54) is 0 Å². The maximum absolute atomic E-state index is 9.78. The number of rotatable bonds is 7. The van der Waals surface area contributed by atoms with E-state index < -0.39 is 18.3 Å². The molecule has 1 heterocycles. The molecule has 0 bridgehead atoms. The molecule has 4 atom stereocenters. The van der Waals surface area contributed by atoms with Gasteiger partial charge in [-0.3, -0.25) is 0 Å². The Morgan fingerprint density at radius 3 is 2.44 bits per heavy atom. The van der Waals surface area contributed by atoms with Crippen molar-refractivity contribution in [2.75, 3.05) is 26.4 Å². The van der Waals surface area contributed by atoms with Crippen molar-refractivity contribution in [1.29, 1.82) is 0 Å². The van der Waals surface area contributed by atoms with Crippen LogP contribution in [0, 0.1) is 0 Å². The Bertz CT molecular complexity index is 208. The van der Waals surface area contributed by atoms with Crippen molar-refractivity contribution in [3.8, 4) is 0 Å². The van der Waals surface area contributed by atoms with Gasteiger partial charge in [0.15, 0.2) is 0 Å². The van der Waals surface area contributed by atoms with Gasteiger partial charge in [0.05, 0.1) is 18.8 Å². The van der Waals surface area contributed by atoms with Crippen LogP contribution in [-0.4, -0.2) is 71.1 Å². The molecular weight excluding hydrogens is 262 g/mol. The third kappa shape index (κ3) is 5.36. The van der Waals surface area contributed by atoms with E-state index in [-0.39, 0.29) is 38.2 Å². The lowest BCUT2D eigenvalue weighted by atomic mass is 9.96. The van der Waals surface area contributed by atoms with Crippen molar-refractivity contribution in [3.05, 3.63) is 0 Å². The molecule has 0 radical (unpaired) electrons. The smallest absolute Gasteiger partial charge is 0.109 e. The van der Waals surface area contributed by atoms with Gasteiger partial charge in [-0.1, -0.05) is 0 Å². The SMILES string of the molecule is Cl.OCCCCCO[C@H]1[C@H](O)[C@@H](O)CN[C@@H]1CO. The van der Waals surface area contributed by atoms with E-state index in [1.54, 1.807) is 0 Å². The van der Waals surface area contributed by atoms with Crippen molar-refractivity contribution in [2.24, 2.45) is 0 Å². The molecule has 1 fully saturated rings. The Balaban J connectivity index is 0.00000289. The number of β-amino-alcohol motifs (C(OH)–C–C–N with tert-alkyl or cyclic N) is 1. The fourth-order valence-corrected chi connectivity index (χ4v) is 1.96. The van der Waals surface area contributed by atoms with Crippen molar-refractivity contribution in [2.45, 2.75) is 43.6 Å². The first-order valence-corrected chi connectivity index (χ1v) is 6.13. The minimum absolute atomic E-state index is 0. The number of piperidine rings is 1. The second-order valence-electron chi connectivity index (χ2n) is 4.37. The second-order valence-corrected chi connectivity index (χ2v) is 4.37. The second kappa shape index (κ2) is 9.91. The summed E-state index contributed by atoms with van der Waals surface area (Å²) in [7, 11) is 0. The van der Waals surface area contributed by atoms with E-state index in [4.69, 9.17) is 14.9 Å². The molecule has 6 nitrogen and oxygen atoms in total. The monoisotopic (exact) mass is 285 g/mol. The molecule has 1 rings (SSSR count). The third-order valence-electron chi connectivity index (χ3n) is 3.03. The van der Waals surface area contributed by atoms with Gasteiger partial charge in [0.2, 0.25) is 0 Å². The van der Waals surface area contributed by atoms with Crippen molar-refractivity contribution >= 4 is 12.4 Å². The number of nitrogens with one attached hydrogen (secondary N) is 1. The van der Waals surface area contributed by atoms with Crippen molar-refractivity contribution in [1.82, 2.24) is 5.32 Å². The molecule has 0 amide bonds. The number of halogens is 1. The standard InChI is InChI=1S/C11H23NO5.ClH/c13-4-2-1-3-5-17-11-8(7-14)12-6-9(15)10(11)16;/h8-16H,1-7H2;1H/t8-,9+,10-,11-;/m1./s1. The van der Waals surface area contributed by atoms with E-state index >= 15 is 0 Å². The average Bonchev–Trinajstić information content (AvgIpc) is 2.34. The Labute approximate surface area is 113 Å². The van der Waals surface area contributed by atoms with Crippen LogP contribution in [-0.2, 0) is 4.74 Å². The molecule has 0 aromatic rings. The fraction of sp³-hybridized carbons (Fsp3) is 1.00. The Morgan fingerprint density at radius 1 is 1.11 bits per heavy atom. The normalized spacial score (nSPS) is 32.0. The highest BCUT2D eigenvalue weighted by molar-refractivity contribution is 5.85. The van der Waals surface area contributed by atoms with Gasteiger partial charge in [0.1, 0.15) is 12.2 Å². The van der Waals surface area contributed by atoms with Gasteiger partial charge in [-0.25, -0.2) is 0 Å². The molecule has 110 valence electrons. The molecule has 1 aliphatic heterocycles. The molecular formula is C11H24ClNO5. The molecule has 0 saturated carbocycles. The topological polar surface area (TPSA) is 102 Å². The molecule has 1 saturated heterocycles. The first kappa shape index (κ1) is 18.0. The van der Waals surface area contributed by atoms with Crippen LogP contribution in [0.25, 0.3) is 0 Å². The molecule has 0 aromatic carbocycles. The predicted octanol–water partition coefficient (Wildman–Crippen LogP) is -1.36. The van der Waals surface area contributed by atoms with Crippen LogP contribution in [0.15, 0.2) is 0 Å². The van der Waals surface area contributed by atoms with Gasteiger partial charge in [-0.2, -0.15) is 0 Å². The maximum Gasteiger partial charge on any atom is 0.109 e. The molecule has 0 unspecified atom stereocenters. The van der Waals surface area contributed by atoms with Gasteiger partial charge in [-0.15, -0.1) is 12.4 Å². The third-order valence-corrected chi connectivity index (χ3v) is 3.03. The van der Waals surface area contributed by atoms with Crippen LogP contribution in [0.3, 0.4) is 0 Å². The summed E-state index contributed by atoms with van der Waals surface area (Å²) >= 11 is 0. The number of hydrogen-bond acceptors (Lipinski definition) is 6. The Morgan fingerprint density at radius 2 is 1.83 bits per heavy atom. The number of unbranched alkanes of at least 4 members (excludes halogenated alkanes) is 2. The molecule has 7 heteroatoms. The van der Waals surface area contributed by atoms with Crippen LogP contribution in [0.4, 0.5) is 0 Å². The maximum atomic E-state index is 9.78. The molecule has 0 aliphatic carbocycles. The lowest BCUT2D eigenvalue weighted by Gasteiger charge is -2.38.